The second-order valence-electron chi connectivity index (χ2n) is 2.77. The molecular formula is C9H8Br2N2O2. The first-order valence-corrected chi connectivity index (χ1v) is 5.61. The highest BCUT2D eigenvalue weighted by molar-refractivity contribution is 9.11. The maximum atomic E-state index is 11.5. The Labute approximate surface area is 103 Å². The molecule has 0 aromatic heterocycles. The topological polar surface area (TPSA) is 72.2 Å². The molecule has 0 atom stereocenters. The third-order valence-corrected chi connectivity index (χ3v) is 2.75. The molecule has 0 spiro atoms. The predicted molar refractivity (Wildman–Crippen MR) is 63.4 cm³/mol. The summed E-state index contributed by atoms with van der Waals surface area (Å²) in [6.45, 7) is -0.165. The number of carbonyl (C=O) groups is 2. The number of hydrogen-bond donors (Lipinski definition) is 2. The van der Waals surface area contributed by atoms with E-state index in [1.807, 2.05) is 0 Å². The zero-order valence-corrected chi connectivity index (χ0v) is 10.8. The van der Waals surface area contributed by atoms with Crippen LogP contribution in [0.25, 0.3) is 0 Å². The molecule has 0 saturated carbocycles. The van der Waals surface area contributed by atoms with E-state index < -0.39 is 5.91 Å². The van der Waals surface area contributed by atoms with Gasteiger partial charge in [0, 0.05) is 8.95 Å². The molecule has 0 fully saturated rings. The molecular weight excluding hydrogens is 328 g/mol. The molecule has 0 bridgehead atoms. The average molecular weight is 336 g/mol. The summed E-state index contributed by atoms with van der Waals surface area (Å²) in [5.74, 6) is -0.912. The van der Waals surface area contributed by atoms with Gasteiger partial charge in [0.2, 0.25) is 5.91 Å². The van der Waals surface area contributed by atoms with E-state index in [2.05, 4.69) is 37.2 Å². The van der Waals surface area contributed by atoms with Gasteiger partial charge in [0.1, 0.15) is 0 Å². The van der Waals surface area contributed by atoms with Crippen LogP contribution in [0.5, 0.6) is 0 Å². The molecule has 0 radical (unpaired) electrons. The van der Waals surface area contributed by atoms with Crippen molar-refractivity contribution in [1.29, 1.82) is 0 Å². The summed E-state index contributed by atoms with van der Waals surface area (Å²) in [6.07, 6.45) is 0. The molecule has 0 unspecified atom stereocenters. The molecule has 0 aliphatic heterocycles. The van der Waals surface area contributed by atoms with Crippen LogP contribution in [0.1, 0.15) is 10.4 Å². The van der Waals surface area contributed by atoms with Gasteiger partial charge in [-0.05, 0) is 34.1 Å². The van der Waals surface area contributed by atoms with Gasteiger partial charge in [-0.15, -0.1) is 0 Å². The number of halogens is 2. The monoisotopic (exact) mass is 334 g/mol. The van der Waals surface area contributed by atoms with Crippen molar-refractivity contribution in [3.8, 4) is 0 Å². The zero-order chi connectivity index (χ0) is 11.4. The van der Waals surface area contributed by atoms with Crippen LogP contribution in [0.2, 0.25) is 0 Å². The normalized spacial score (nSPS) is 9.73. The highest BCUT2D eigenvalue weighted by Crippen LogP contribution is 2.21. The van der Waals surface area contributed by atoms with Crippen molar-refractivity contribution in [3.05, 3.63) is 32.7 Å². The number of benzene rings is 1. The molecule has 4 nitrogen and oxygen atoms in total. The minimum Gasteiger partial charge on any atom is -0.368 e. The van der Waals surface area contributed by atoms with Crippen LogP contribution in [0, 0.1) is 0 Å². The van der Waals surface area contributed by atoms with Crippen molar-refractivity contribution >= 4 is 43.7 Å². The first-order valence-electron chi connectivity index (χ1n) is 4.02. The molecule has 2 amide bonds. The third kappa shape index (κ3) is 3.64. The Bertz CT molecular complexity index is 407. The molecule has 3 N–H and O–H groups in total. The summed E-state index contributed by atoms with van der Waals surface area (Å²) in [7, 11) is 0. The van der Waals surface area contributed by atoms with Crippen LogP contribution in [0.3, 0.4) is 0 Å². The minimum absolute atomic E-state index is 0.165. The van der Waals surface area contributed by atoms with E-state index in [0.717, 1.165) is 4.47 Å². The van der Waals surface area contributed by atoms with Crippen LogP contribution in [-0.4, -0.2) is 18.4 Å². The highest BCUT2D eigenvalue weighted by Gasteiger charge is 2.10. The van der Waals surface area contributed by atoms with Gasteiger partial charge >= 0.3 is 0 Å². The van der Waals surface area contributed by atoms with Crippen molar-refractivity contribution in [1.82, 2.24) is 5.32 Å². The molecule has 0 saturated heterocycles. The van der Waals surface area contributed by atoms with Gasteiger partial charge < -0.3 is 11.1 Å². The lowest BCUT2D eigenvalue weighted by molar-refractivity contribution is -0.117. The van der Waals surface area contributed by atoms with Gasteiger partial charge in [0.05, 0.1) is 12.1 Å². The highest BCUT2D eigenvalue weighted by atomic mass is 79.9. The van der Waals surface area contributed by atoms with E-state index in [4.69, 9.17) is 5.73 Å². The van der Waals surface area contributed by atoms with E-state index in [9.17, 15) is 9.59 Å². The van der Waals surface area contributed by atoms with Crippen molar-refractivity contribution in [3.63, 3.8) is 0 Å². The molecule has 1 rings (SSSR count). The molecule has 0 aliphatic carbocycles. The molecule has 15 heavy (non-hydrogen) atoms. The number of nitrogens with two attached hydrogens (primary N) is 1. The van der Waals surface area contributed by atoms with Gasteiger partial charge in [-0.25, -0.2) is 0 Å². The summed E-state index contributed by atoms with van der Waals surface area (Å²) in [6, 6.07) is 5.13. The lowest BCUT2D eigenvalue weighted by atomic mass is 10.2. The SMILES string of the molecule is NC(=O)CNC(=O)c1ccc(Br)cc1Br. The third-order valence-electron chi connectivity index (χ3n) is 1.60. The molecule has 80 valence electrons. The lowest BCUT2D eigenvalue weighted by Gasteiger charge is -2.05. The van der Waals surface area contributed by atoms with Crippen molar-refractivity contribution < 1.29 is 9.59 Å². The molecule has 0 heterocycles. The van der Waals surface area contributed by atoms with Gasteiger partial charge in [0.25, 0.3) is 5.91 Å². The van der Waals surface area contributed by atoms with E-state index in [0.29, 0.717) is 10.0 Å². The maximum Gasteiger partial charge on any atom is 0.252 e. The fourth-order valence-corrected chi connectivity index (χ4v) is 2.16. The first-order chi connectivity index (χ1) is 7.00. The number of amides is 2. The summed E-state index contributed by atoms with van der Waals surface area (Å²) >= 11 is 6.52. The van der Waals surface area contributed by atoms with Crippen LogP contribution in [-0.2, 0) is 4.79 Å². The predicted octanol–water partition coefficient (Wildman–Crippen LogP) is 1.43. The summed E-state index contributed by atoms with van der Waals surface area (Å²) in [4.78, 5) is 22.0. The van der Waals surface area contributed by atoms with E-state index in [-0.39, 0.29) is 12.5 Å². The summed E-state index contributed by atoms with van der Waals surface area (Å²) < 4.78 is 1.51. The van der Waals surface area contributed by atoms with E-state index >= 15 is 0 Å². The second kappa shape index (κ2) is 5.27. The summed E-state index contributed by atoms with van der Waals surface area (Å²) in [5, 5.41) is 2.40. The standard InChI is InChI=1S/C9H8Br2N2O2/c10-5-1-2-6(7(11)3-5)9(15)13-4-8(12)14/h1-3H,4H2,(H2,12,14)(H,13,15). The minimum atomic E-state index is -0.573. The van der Waals surface area contributed by atoms with Crippen LogP contribution < -0.4 is 11.1 Å². The number of carbonyl (C=O) groups excluding carboxylic acids is 2. The Morgan fingerprint density at radius 3 is 2.53 bits per heavy atom. The Hall–Kier alpha value is -0.880. The van der Waals surface area contributed by atoms with Crippen LogP contribution >= 0.6 is 31.9 Å². The fraction of sp³-hybridized carbons (Fsp3) is 0.111. The number of hydrogen-bond acceptors (Lipinski definition) is 2. The maximum absolute atomic E-state index is 11.5. The quantitative estimate of drug-likeness (QED) is 0.877. The molecule has 1 aromatic carbocycles. The van der Waals surface area contributed by atoms with Gasteiger partial charge in [-0.3, -0.25) is 9.59 Å². The van der Waals surface area contributed by atoms with Crippen molar-refractivity contribution in [2.75, 3.05) is 6.54 Å². The Morgan fingerprint density at radius 2 is 2.00 bits per heavy atom. The Morgan fingerprint density at radius 1 is 1.33 bits per heavy atom. The van der Waals surface area contributed by atoms with Crippen molar-refractivity contribution in [2.24, 2.45) is 5.73 Å². The van der Waals surface area contributed by atoms with Gasteiger partial charge in [0.15, 0.2) is 0 Å². The number of rotatable bonds is 3. The lowest BCUT2D eigenvalue weighted by Crippen LogP contribution is -2.33. The van der Waals surface area contributed by atoms with E-state index in [1.165, 1.54) is 0 Å². The van der Waals surface area contributed by atoms with Gasteiger partial charge in [-0.1, -0.05) is 15.9 Å². The van der Waals surface area contributed by atoms with Crippen LogP contribution in [0.4, 0.5) is 0 Å². The largest absolute Gasteiger partial charge is 0.368 e. The number of primary amides is 1. The summed E-state index contributed by atoms with van der Waals surface area (Å²) in [5.41, 5.74) is 5.37. The molecule has 6 heteroatoms. The van der Waals surface area contributed by atoms with Crippen LogP contribution in [0.15, 0.2) is 27.1 Å². The smallest absolute Gasteiger partial charge is 0.252 e. The number of nitrogens with one attached hydrogen (secondary N) is 1. The van der Waals surface area contributed by atoms with Crippen molar-refractivity contribution in [2.45, 2.75) is 0 Å². The average Bonchev–Trinajstić information content (AvgIpc) is 2.14. The van der Waals surface area contributed by atoms with Gasteiger partial charge in [-0.2, -0.15) is 0 Å². The second-order valence-corrected chi connectivity index (χ2v) is 4.54. The zero-order valence-electron chi connectivity index (χ0n) is 7.59. The fourth-order valence-electron chi connectivity index (χ4n) is 0.936. The Kier molecular flexibility index (Phi) is 4.28. The molecule has 0 aliphatic rings. The van der Waals surface area contributed by atoms with E-state index in [1.54, 1.807) is 18.2 Å². The Balaban J connectivity index is 2.78. The first kappa shape index (κ1) is 12.2. The molecule has 1 aromatic rings.